The standard InChI is InChI=1S/C29H19ClN2O3S2/c30-17-10-11-20-16(15-17)9-12-23-29(18-5-1-2-6-19(18)31-28(29)35)24(26(33)21-7-3-13-36-21)25(32(20)23)27(34)22-8-4-14-37-22/h1-15,23-25H,(H,31,35)/t23-,24+,25-,29+/m0/s1. The van der Waals surface area contributed by atoms with Crippen LogP contribution in [-0.2, 0) is 10.2 Å². The van der Waals surface area contributed by atoms with Crippen molar-refractivity contribution in [2.45, 2.75) is 17.5 Å². The highest BCUT2D eigenvalue weighted by atomic mass is 35.5. The first-order chi connectivity index (χ1) is 18.0. The number of hydrogen-bond acceptors (Lipinski definition) is 6. The summed E-state index contributed by atoms with van der Waals surface area (Å²) >= 11 is 9.00. The molecule has 3 aliphatic rings. The second-order valence-electron chi connectivity index (χ2n) is 9.39. The van der Waals surface area contributed by atoms with Gasteiger partial charge in [0.25, 0.3) is 0 Å². The molecule has 1 fully saturated rings. The largest absolute Gasteiger partial charge is 0.352 e. The van der Waals surface area contributed by atoms with E-state index in [1.165, 1.54) is 22.7 Å². The zero-order valence-electron chi connectivity index (χ0n) is 19.3. The number of amides is 1. The number of anilines is 2. The highest BCUT2D eigenvalue weighted by Gasteiger charge is 2.70. The molecular weight excluding hydrogens is 524 g/mol. The second kappa shape index (κ2) is 8.25. The van der Waals surface area contributed by atoms with Crippen LogP contribution in [-0.4, -0.2) is 29.6 Å². The molecule has 0 unspecified atom stereocenters. The van der Waals surface area contributed by atoms with Crippen LogP contribution in [0.1, 0.15) is 30.5 Å². The maximum atomic E-state index is 14.4. The Balaban J connectivity index is 1.55. The summed E-state index contributed by atoms with van der Waals surface area (Å²) in [6.45, 7) is 0. The van der Waals surface area contributed by atoms with E-state index in [0.717, 1.165) is 16.8 Å². The van der Waals surface area contributed by atoms with Gasteiger partial charge >= 0.3 is 0 Å². The second-order valence-corrected chi connectivity index (χ2v) is 11.7. The van der Waals surface area contributed by atoms with Crippen molar-refractivity contribution < 1.29 is 14.4 Å². The van der Waals surface area contributed by atoms with Gasteiger partial charge in [-0.1, -0.05) is 54.1 Å². The van der Waals surface area contributed by atoms with Gasteiger partial charge in [-0.05, 0) is 58.3 Å². The minimum absolute atomic E-state index is 0.167. The van der Waals surface area contributed by atoms with Crippen molar-refractivity contribution in [2.24, 2.45) is 5.92 Å². The van der Waals surface area contributed by atoms with Crippen LogP contribution < -0.4 is 10.2 Å². The maximum Gasteiger partial charge on any atom is 0.238 e. The lowest BCUT2D eigenvalue weighted by atomic mass is 9.65. The van der Waals surface area contributed by atoms with Crippen molar-refractivity contribution in [2.75, 3.05) is 10.2 Å². The molecule has 1 saturated heterocycles. The Morgan fingerprint density at radius 2 is 1.65 bits per heavy atom. The van der Waals surface area contributed by atoms with Crippen LogP contribution in [0.3, 0.4) is 0 Å². The Morgan fingerprint density at radius 3 is 2.38 bits per heavy atom. The molecule has 1 amide bonds. The van der Waals surface area contributed by atoms with E-state index in [0.29, 0.717) is 20.5 Å². The van der Waals surface area contributed by atoms with E-state index in [9.17, 15) is 14.4 Å². The van der Waals surface area contributed by atoms with Gasteiger partial charge in [-0.15, -0.1) is 22.7 Å². The van der Waals surface area contributed by atoms with Gasteiger partial charge in [0.1, 0.15) is 11.5 Å². The van der Waals surface area contributed by atoms with Crippen LogP contribution in [0, 0.1) is 5.92 Å². The number of rotatable bonds is 4. The van der Waals surface area contributed by atoms with Crippen LogP contribution in [0.25, 0.3) is 6.08 Å². The third kappa shape index (κ3) is 3.05. The Hall–Kier alpha value is -3.52. The summed E-state index contributed by atoms with van der Waals surface area (Å²) < 4.78 is 0. The fraction of sp³-hybridized carbons (Fsp3) is 0.138. The summed E-state index contributed by atoms with van der Waals surface area (Å²) in [6.07, 6.45) is 3.90. The van der Waals surface area contributed by atoms with E-state index in [1.807, 2.05) is 76.3 Å². The number of benzene rings is 2. The van der Waals surface area contributed by atoms with Crippen LogP contribution >= 0.6 is 34.3 Å². The number of thiophene rings is 2. The van der Waals surface area contributed by atoms with Crippen LogP contribution in [0.2, 0.25) is 5.02 Å². The molecule has 2 aromatic carbocycles. The lowest BCUT2D eigenvalue weighted by Crippen LogP contribution is -2.51. The smallest absolute Gasteiger partial charge is 0.238 e. The monoisotopic (exact) mass is 542 g/mol. The summed E-state index contributed by atoms with van der Waals surface area (Å²) in [6, 6.07) is 18.8. The molecule has 37 heavy (non-hydrogen) atoms. The van der Waals surface area contributed by atoms with E-state index >= 15 is 0 Å². The van der Waals surface area contributed by atoms with Gasteiger partial charge < -0.3 is 10.2 Å². The Labute approximate surface area is 226 Å². The van der Waals surface area contributed by atoms with Gasteiger partial charge in [0.05, 0.1) is 21.7 Å². The Kier molecular flexibility index (Phi) is 5.05. The fourth-order valence-electron chi connectivity index (χ4n) is 6.29. The number of hydrogen-bond donors (Lipinski definition) is 1. The summed E-state index contributed by atoms with van der Waals surface area (Å²) in [7, 11) is 0. The first-order valence-electron chi connectivity index (χ1n) is 11.8. The number of halogens is 1. The van der Waals surface area contributed by atoms with E-state index in [-0.39, 0.29) is 17.5 Å². The molecule has 0 aliphatic carbocycles. The molecule has 5 nitrogen and oxygen atoms in total. The molecule has 4 aromatic rings. The topological polar surface area (TPSA) is 66.5 Å². The summed E-state index contributed by atoms with van der Waals surface area (Å²) in [5.41, 5.74) is 1.76. The SMILES string of the molecule is O=C(c1cccs1)[C@@H]1[C@H](C(=O)c2cccs2)[C@]2(C(=O)Nc3ccccc32)[C@@H]2C=Cc3cc(Cl)ccc3N12. The van der Waals surface area contributed by atoms with Gasteiger partial charge in [0.2, 0.25) is 5.91 Å². The zero-order chi connectivity index (χ0) is 25.3. The number of para-hydroxylation sites is 1. The molecule has 7 rings (SSSR count). The third-order valence-corrected chi connectivity index (χ3v) is 9.68. The molecule has 1 N–H and O–H groups in total. The minimum Gasteiger partial charge on any atom is -0.352 e. The summed E-state index contributed by atoms with van der Waals surface area (Å²) in [4.78, 5) is 46.0. The lowest BCUT2D eigenvalue weighted by molar-refractivity contribution is -0.121. The predicted molar refractivity (Wildman–Crippen MR) is 148 cm³/mol. The van der Waals surface area contributed by atoms with Gasteiger partial charge in [-0.3, -0.25) is 14.4 Å². The van der Waals surface area contributed by atoms with Gasteiger partial charge in [0, 0.05) is 16.4 Å². The first kappa shape index (κ1) is 22.7. The Morgan fingerprint density at radius 1 is 0.919 bits per heavy atom. The average molecular weight is 543 g/mol. The third-order valence-electron chi connectivity index (χ3n) is 7.67. The average Bonchev–Trinajstić information content (AvgIpc) is 3.70. The molecule has 8 heteroatoms. The number of carbonyl (C=O) groups is 3. The van der Waals surface area contributed by atoms with E-state index in [1.54, 1.807) is 18.2 Å². The fourth-order valence-corrected chi connectivity index (χ4v) is 7.87. The van der Waals surface area contributed by atoms with Crippen molar-refractivity contribution in [3.63, 3.8) is 0 Å². The summed E-state index contributed by atoms with van der Waals surface area (Å²) in [5.74, 6) is -1.57. The van der Waals surface area contributed by atoms with Crippen molar-refractivity contribution >= 4 is 69.2 Å². The molecule has 5 heterocycles. The molecule has 0 radical (unpaired) electrons. The molecular formula is C29H19ClN2O3S2. The number of fused-ring (bicyclic) bond motifs is 6. The van der Waals surface area contributed by atoms with E-state index in [4.69, 9.17) is 11.6 Å². The molecule has 2 aromatic heterocycles. The molecule has 4 atom stereocenters. The van der Waals surface area contributed by atoms with Crippen LogP contribution in [0.15, 0.2) is 83.6 Å². The van der Waals surface area contributed by atoms with Crippen molar-refractivity contribution in [1.29, 1.82) is 0 Å². The van der Waals surface area contributed by atoms with Crippen LogP contribution in [0.4, 0.5) is 11.4 Å². The molecule has 0 saturated carbocycles. The van der Waals surface area contributed by atoms with E-state index in [2.05, 4.69) is 5.32 Å². The lowest BCUT2D eigenvalue weighted by Gasteiger charge is -2.37. The van der Waals surface area contributed by atoms with Crippen LogP contribution in [0.5, 0.6) is 0 Å². The van der Waals surface area contributed by atoms with Crippen molar-refractivity contribution in [3.05, 3.63) is 109 Å². The maximum absolute atomic E-state index is 14.4. The number of ketones is 2. The number of Topliss-reactive ketones (excluding diaryl/α,β-unsaturated/α-hetero) is 2. The number of nitrogens with zero attached hydrogens (tertiary/aromatic N) is 1. The van der Waals surface area contributed by atoms with Crippen molar-refractivity contribution in [3.8, 4) is 0 Å². The molecule has 182 valence electrons. The van der Waals surface area contributed by atoms with Gasteiger partial charge in [0.15, 0.2) is 11.6 Å². The highest BCUT2D eigenvalue weighted by Crippen LogP contribution is 2.58. The van der Waals surface area contributed by atoms with Crippen molar-refractivity contribution in [1.82, 2.24) is 0 Å². The number of nitrogens with one attached hydrogen (secondary N) is 1. The molecule has 3 aliphatic heterocycles. The minimum atomic E-state index is -1.29. The van der Waals surface area contributed by atoms with Gasteiger partial charge in [-0.25, -0.2) is 0 Å². The molecule has 0 bridgehead atoms. The normalized spacial score (nSPS) is 25.1. The highest BCUT2D eigenvalue weighted by molar-refractivity contribution is 7.12. The molecule has 1 spiro atoms. The quantitative estimate of drug-likeness (QED) is 0.306. The number of carbonyl (C=O) groups excluding carboxylic acids is 3. The summed E-state index contributed by atoms with van der Waals surface area (Å²) in [5, 5.41) is 7.32. The van der Waals surface area contributed by atoms with E-state index < -0.39 is 23.4 Å². The predicted octanol–water partition coefficient (Wildman–Crippen LogP) is 6.32. The zero-order valence-corrected chi connectivity index (χ0v) is 21.6. The Bertz CT molecular complexity index is 1610. The first-order valence-corrected chi connectivity index (χ1v) is 14.0. The van der Waals surface area contributed by atoms with Gasteiger partial charge in [-0.2, -0.15) is 0 Å².